The highest BCUT2D eigenvalue weighted by Gasteiger charge is 2.16. The van der Waals surface area contributed by atoms with Crippen molar-refractivity contribution < 1.29 is 23.6 Å². The van der Waals surface area contributed by atoms with Gasteiger partial charge in [-0.25, -0.2) is 0 Å². The van der Waals surface area contributed by atoms with E-state index in [0.717, 1.165) is 11.1 Å². The van der Waals surface area contributed by atoms with Crippen molar-refractivity contribution in [1.82, 2.24) is 20.8 Å². The number of carbonyl (C=O) groups is 2. The molecule has 2 amide bonds. The minimum Gasteiger partial charge on any atom is -0.497 e. The summed E-state index contributed by atoms with van der Waals surface area (Å²) in [6, 6.07) is 12.8. The van der Waals surface area contributed by atoms with Gasteiger partial charge in [-0.15, -0.1) is 0 Å². The predicted octanol–water partition coefficient (Wildman–Crippen LogP) is 2.29. The lowest BCUT2D eigenvalue weighted by Gasteiger charge is -2.10. The van der Waals surface area contributed by atoms with Gasteiger partial charge in [-0.1, -0.05) is 22.9 Å². The number of nitrogens with zero attached hydrogens (tertiary/aromatic N) is 2. The molecular formula is C22H24N4O5. The molecule has 3 rings (SSSR count). The van der Waals surface area contributed by atoms with Crippen LogP contribution < -0.4 is 20.1 Å². The molecule has 0 unspecified atom stereocenters. The molecule has 0 aliphatic heterocycles. The van der Waals surface area contributed by atoms with E-state index < -0.39 is 5.91 Å². The van der Waals surface area contributed by atoms with Gasteiger partial charge in [0.15, 0.2) is 6.61 Å². The van der Waals surface area contributed by atoms with Crippen molar-refractivity contribution in [3.63, 3.8) is 0 Å². The number of amides is 2. The molecule has 3 aromatic rings. The van der Waals surface area contributed by atoms with Crippen LogP contribution in [0.4, 0.5) is 0 Å². The summed E-state index contributed by atoms with van der Waals surface area (Å²) in [4.78, 5) is 28.2. The Labute approximate surface area is 179 Å². The summed E-state index contributed by atoms with van der Waals surface area (Å²) in [7, 11) is 1.58. The van der Waals surface area contributed by atoms with Gasteiger partial charge in [0.25, 0.3) is 5.91 Å². The number of rotatable bonds is 9. The quantitative estimate of drug-likeness (QED) is 0.506. The smallest absolute Gasteiger partial charge is 0.316 e. The van der Waals surface area contributed by atoms with E-state index in [9.17, 15) is 9.59 Å². The number of aryl methyl sites for hydroxylation is 2. The molecule has 162 valence electrons. The van der Waals surface area contributed by atoms with Gasteiger partial charge in [-0.3, -0.25) is 9.59 Å². The van der Waals surface area contributed by atoms with Crippen molar-refractivity contribution in [3.8, 4) is 22.9 Å². The number of hydrogen-bond acceptors (Lipinski definition) is 7. The molecule has 0 spiro atoms. The maximum Gasteiger partial charge on any atom is 0.316 e. The molecule has 0 aliphatic carbocycles. The third-order valence-corrected chi connectivity index (χ3v) is 4.39. The molecule has 1 heterocycles. The second kappa shape index (κ2) is 10.2. The minimum atomic E-state index is -0.520. The number of benzene rings is 2. The van der Waals surface area contributed by atoms with Gasteiger partial charge in [-0.2, -0.15) is 4.98 Å². The zero-order valence-electron chi connectivity index (χ0n) is 17.6. The molecule has 0 aliphatic rings. The standard InChI is InChI=1S/C22H24N4O5/c1-14-4-9-18(15(2)12-14)30-13-19(27)23-10-11-24-21(28)22-25-20(26-31-22)16-5-7-17(29-3)8-6-16/h4-9,12H,10-11,13H2,1-3H3,(H,23,27)(H,24,28). The van der Waals surface area contributed by atoms with Crippen LogP contribution in [0.15, 0.2) is 47.0 Å². The molecular weight excluding hydrogens is 400 g/mol. The number of aromatic nitrogens is 2. The summed E-state index contributed by atoms with van der Waals surface area (Å²) in [5.74, 6) is 0.701. The van der Waals surface area contributed by atoms with E-state index in [-0.39, 0.29) is 31.5 Å². The molecule has 2 N–H and O–H groups in total. The SMILES string of the molecule is COc1ccc(-c2noc(C(=O)NCCNC(=O)COc3ccc(C)cc3C)n2)cc1. The maximum atomic E-state index is 12.1. The first kappa shape index (κ1) is 21.8. The number of hydrogen-bond donors (Lipinski definition) is 2. The van der Waals surface area contributed by atoms with Gasteiger partial charge in [-0.05, 0) is 49.7 Å². The van der Waals surface area contributed by atoms with Crippen LogP contribution in [0.1, 0.15) is 21.8 Å². The Morgan fingerprint density at radius 2 is 1.77 bits per heavy atom. The van der Waals surface area contributed by atoms with Crippen molar-refractivity contribution in [2.75, 3.05) is 26.8 Å². The van der Waals surface area contributed by atoms with Gasteiger partial charge in [0.1, 0.15) is 11.5 Å². The zero-order valence-corrected chi connectivity index (χ0v) is 17.6. The highest BCUT2D eigenvalue weighted by Crippen LogP contribution is 2.20. The largest absolute Gasteiger partial charge is 0.497 e. The molecule has 9 nitrogen and oxygen atoms in total. The first-order chi connectivity index (χ1) is 15.0. The summed E-state index contributed by atoms with van der Waals surface area (Å²) in [5.41, 5.74) is 2.79. The second-order valence-electron chi connectivity index (χ2n) is 6.82. The van der Waals surface area contributed by atoms with E-state index in [2.05, 4.69) is 20.8 Å². The van der Waals surface area contributed by atoms with E-state index >= 15 is 0 Å². The lowest BCUT2D eigenvalue weighted by atomic mass is 10.1. The van der Waals surface area contributed by atoms with Crippen molar-refractivity contribution in [1.29, 1.82) is 0 Å². The van der Waals surface area contributed by atoms with E-state index in [4.69, 9.17) is 14.0 Å². The molecule has 0 saturated heterocycles. The van der Waals surface area contributed by atoms with Gasteiger partial charge in [0.05, 0.1) is 7.11 Å². The van der Waals surface area contributed by atoms with Gasteiger partial charge < -0.3 is 24.6 Å². The van der Waals surface area contributed by atoms with Crippen molar-refractivity contribution >= 4 is 11.8 Å². The number of carbonyl (C=O) groups excluding carboxylic acids is 2. The van der Waals surface area contributed by atoms with Crippen LogP contribution in [0.3, 0.4) is 0 Å². The monoisotopic (exact) mass is 424 g/mol. The molecule has 0 radical (unpaired) electrons. The van der Waals surface area contributed by atoms with Crippen LogP contribution in [0.25, 0.3) is 11.4 Å². The second-order valence-corrected chi connectivity index (χ2v) is 6.82. The molecule has 1 aromatic heterocycles. The van der Waals surface area contributed by atoms with Crippen LogP contribution in [0.5, 0.6) is 11.5 Å². The highest BCUT2D eigenvalue weighted by molar-refractivity contribution is 5.89. The first-order valence-corrected chi connectivity index (χ1v) is 9.69. The fraction of sp³-hybridized carbons (Fsp3) is 0.273. The van der Waals surface area contributed by atoms with Crippen LogP contribution in [-0.4, -0.2) is 48.8 Å². The summed E-state index contributed by atoms with van der Waals surface area (Å²) in [6.45, 7) is 4.25. The third-order valence-electron chi connectivity index (χ3n) is 4.39. The molecule has 0 saturated carbocycles. The Kier molecular flexibility index (Phi) is 7.21. The molecule has 0 bridgehead atoms. The van der Waals surface area contributed by atoms with Crippen molar-refractivity contribution in [2.24, 2.45) is 0 Å². The lowest BCUT2D eigenvalue weighted by molar-refractivity contribution is -0.123. The number of methoxy groups -OCH3 is 1. The fourth-order valence-corrected chi connectivity index (χ4v) is 2.78. The number of ether oxygens (including phenoxy) is 2. The Morgan fingerprint density at radius 3 is 2.48 bits per heavy atom. The van der Waals surface area contributed by atoms with Crippen LogP contribution in [0.2, 0.25) is 0 Å². The maximum absolute atomic E-state index is 12.1. The molecule has 31 heavy (non-hydrogen) atoms. The normalized spacial score (nSPS) is 10.4. The van der Waals surface area contributed by atoms with E-state index in [1.54, 1.807) is 31.4 Å². The van der Waals surface area contributed by atoms with Gasteiger partial charge in [0, 0.05) is 18.7 Å². The van der Waals surface area contributed by atoms with Crippen LogP contribution in [0, 0.1) is 13.8 Å². The molecule has 0 fully saturated rings. The van der Waals surface area contributed by atoms with Crippen molar-refractivity contribution in [3.05, 3.63) is 59.5 Å². The average Bonchev–Trinajstić information content (AvgIpc) is 3.26. The molecule has 0 atom stereocenters. The Bertz CT molecular complexity index is 1050. The summed E-state index contributed by atoms with van der Waals surface area (Å²) in [5, 5.41) is 9.10. The average molecular weight is 424 g/mol. The summed E-state index contributed by atoms with van der Waals surface area (Å²) >= 11 is 0. The summed E-state index contributed by atoms with van der Waals surface area (Å²) in [6.07, 6.45) is 0. The minimum absolute atomic E-state index is 0.104. The van der Waals surface area contributed by atoms with E-state index in [0.29, 0.717) is 22.9 Å². The lowest BCUT2D eigenvalue weighted by Crippen LogP contribution is -2.36. The third kappa shape index (κ3) is 6.05. The fourth-order valence-electron chi connectivity index (χ4n) is 2.78. The predicted molar refractivity (Wildman–Crippen MR) is 113 cm³/mol. The number of nitrogens with one attached hydrogen (secondary N) is 2. The molecule has 9 heteroatoms. The van der Waals surface area contributed by atoms with Crippen LogP contribution in [-0.2, 0) is 4.79 Å². The van der Waals surface area contributed by atoms with E-state index in [1.807, 2.05) is 32.0 Å². The Morgan fingerprint density at radius 1 is 1.03 bits per heavy atom. The van der Waals surface area contributed by atoms with Gasteiger partial charge in [0.2, 0.25) is 5.82 Å². The topological polar surface area (TPSA) is 116 Å². The van der Waals surface area contributed by atoms with E-state index in [1.165, 1.54) is 0 Å². The first-order valence-electron chi connectivity index (χ1n) is 9.69. The highest BCUT2D eigenvalue weighted by atomic mass is 16.5. The Balaban J connectivity index is 1.40. The summed E-state index contributed by atoms with van der Waals surface area (Å²) < 4.78 is 15.6. The Hall–Kier alpha value is -3.88. The molecule has 2 aromatic carbocycles. The zero-order chi connectivity index (χ0) is 22.2. The van der Waals surface area contributed by atoms with Crippen LogP contribution >= 0.6 is 0 Å². The van der Waals surface area contributed by atoms with Gasteiger partial charge >= 0.3 is 11.8 Å². The van der Waals surface area contributed by atoms with Crippen molar-refractivity contribution in [2.45, 2.75) is 13.8 Å².